The molecular weight excluding hydrogens is 316 g/mol. The lowest BCUT2D eigenvalue weighted by Gasteiger charge is -2.37. The summed E-state index contributed by atoms with van der Waals surface area (Å²) in [5.74, 6) is 0.234. The quantitative estimate of drug-likeness (QED) is 0.916. The van der Waals surface area contributed by atoms with Crippen molar-refractivity contribution in [3.05, 3.63) is 35.9 Å². The Morgan fingerprint density at radius 3 is 2.68 bits per heavy atom. The molecular formula is C20H28N2O3. The highest BCUT2D eigenvalue weighted by molar-refractivity contribution is 5.82. The molecule has 2 saturated heterocycles. The number of ether oxygens (including phenoxy) is 1. The van der Waals surface area contributed by atoms with Crippen LogP contribution in [0.4, 0.5) is 4.79 Å². The Hall–Kier alpha value is -2.04. The van der Waals surface area contributed by atoms with Crippen LogP contribution in [0, 0.1) is 5.92 Å². The van der Waals surface area contributed by atoms with E-state index in [0.717, 1.165) is 32.2 Å². The molecule has 3 atom stereocenters. The Kier molecular flexibility index (Phi) is 5.02. The first kappa shape index (κ1) is 17.8. The summed E-state index contributed by atoms with van der Waals surface area (Å²) >= 11 is 0. The summed E-state index contributed by atoms with van der Waals surface area (Å²) in [6, 6.07) is 10.2. The number of fused-ring (bicyclic) bond motifs is 1. The number of carbonyl (C=O) groups is 2. The number of hydrogen-bond acceptors (Lipinski definition) is 3. The van der Waals surface area contributed by atoms with Crippen LogP contribution in [-0.2, 0) is 16.0 Å². The molecule has 0 radical (unpaired) electrons. The van der Waals surface area contributed by atoms with E-state index in [2.05, 4.69) is 17.4 Å². The van der Waals surface area contributed by atoms with E-state index in [1.807, 2.05) is 43.9 Å². The summed E-state index contributed by atoms with van der Waals surface area (Å²) in [6.45, 7) is 6.36. The lowest BCUT2D eigenvalue weighted by molar-refractivity contribution is -0.133. The topological polar surface area (TPSA) is 58.6 Å². The molecule has 1 aromatic carbocycles. The average molecular weight is 344 g/mol. The standard InChI is InChI=1S/C20H28N2O3/c1-20(2,3)25-19(24)21-16-10-7-11-22-17(16)13-15(18(22)23)12-14-8-5-4-6-9-14/h4-6,8-9,15-17H,7,10-13H2,1-3H3,(H,21,24)/t15-,16+,17-/m1/s1. The third-order valence-corrected chi connectivity index (χ3v) is 4.96. The maximum atomic E-state index is 12.8. The number of nitrogens with zero attached hydrogens (tertiary/aromatic N) is 1. The molecule has 1 aromatic rings. The maximum Gasteiger partial charge on any atom is 0.407 e. The lowest BCUT2D eigenvalue weighted by atomic mass is 9.91. The van der Waals surface area contributed by atoms with Gasteiger partial charge in [-0.3, -0.25) is 4.79 Å². The van der Waals surface area contributed by atoms with Crippen LogP contribution in [0.3, 0.4) is 0 Å². The van der Waals surface area contributed by atoms with Crippen LogP contribution in [0.25, 0.3) is 0 Å². The van der Waals surface area contributed by atoms with Crippen LogP contribution in [0.1, 0.15) is 45.6 Å². The van der Waals surface area contributed by atoms with Crippen LogP contribution >= 0.6 is 0 Å². The molecule has 0 unspecified atom stereocenters. The molecule has 0 saturated carbocycles. The van der Waals surface area contributed by atoms with Crippen molar-refractivity contribution in [3.8, 4) is 0 Å². The summed E-state index contributed by atoms with van der Waals surface area (Å²) in [5.41, 5.74) is 0.678. The highest BCUT2D eigenvalue weighted by atomic mass is 16.6. The van der Waals surface area contributed by atoms with Crippen LogP contribution in [0.15, 0.2) is 30.3 Å². The van der Waals surface area contributed by atoms with E-state index in [0.29, 0.717) is 0 Å². The van der Waals surface area contributed by atoms with E-state index in [9.17, 15) is 9.59 Å². The van der Waals surface area contributed by atoms with Crippen molar-refractivity contribution in [2.45, 2.75) is 64.1 Å². The summed E-state index contributed by atoms with van der Waals surface area (Å²) in [6.07, 6.45) is 2.99. The first-order chi connectivity index (χ1) is 11.8. The summed E-state index contributed by atoms with van der Waals surface area (Å²) in [5, 5.41) is 3.00. The molecule has 0 aromatic heterocycles. The second kappa shape index (κ2) is 7.06. The third kappa shape index (κ3) is 4.33. The Labute approximate surface area is 149 Å². The fraction of sp³-hybridized carbons (Fsp3) is 0.600. The average Bonchev–Trinajstić information content (AvgIpc) is 2.84. The van der Waals surface area contributed by atoms with Gasteiger partial charge in [0.15, 0.2) is 0 Å². The number of benzene rings is 1. The Balaban J connectivity index is 1.65. The van der Waals surface area contributed by atoms with E-state index >= 15 is 0 Å². The molecule has 0 spiro atoms. The fourth-order valence-corrected chi connectivity index (χ4v) is 3.95. The van der Waals surface area contributed by atoms with Gasteiger partial charge in [0.25, 0.3) is 0 Å². The number of hydrogen-bond donors (Lipinski definition) is 1. The molecule has 136 valence electrons. The molecule has 2 heterocycles. The lowest BCUT2D eigenvalue weighted by Crippen LogP contribution is -2.54. The Morgan fingerprint density at radius 2 is 2.00 bits per heavy atom. The van der Waals surface area contributed by atoms with Gasteiger partial charge < -0.3 is 15.0 Å². The van der Waals surface area contributed by atoms with Crippen molar-refractivity contribution < 1.29 is 14.3 Å². The minimum absolute atomic E-state index is 0.00781. The predicted molar refractivity (Wildman–Crippen MR) is 96.1 cm³/mol. The molecule has 2 fully saturated rings. The van der Waals surface area contributed by atoms with Gasteiger partial charge in [0, 0.05) is 12.5 Å². The van der Waals surface area contributed by atoms with Crippen molar-refractivity contribution in [2.24, 2.45) is 5.92 Å². The zero-order chi connectivity index (χ0) is 18.0. The van der Waals surface area contributed by atoms with Crippen molar-refractivity contribution in [3.63, 3.8) is 0 Å². The summed E-state index contributed by atoms with van der Waals surface area (Å²) in [7, 11) is 0. The van der Waals surface area contributed by atoms with Crippen molar-refractivity contribution in [1.82, 2.24) is 10.2 Å². The number of nitrogens with one attached hydrogen (secondary N) is 1. The highest BCUT2D eigenvalue weighted by Crippen LogP contribution is 2.34. The largest absolute Gasteiger partial charge is 0.444 e. The first-order valence-corrected chi connectivity index (χ1v) is 9.17. The van der Waals surface area contributed by atoms with E-state index in [4.69, 9.17) is 4.74 Å². The number of carbonyl (C=O) groups excluding carboxylic acids is 2. The molecule has 5 heteroatoms. The zero-order valence-electron chi connectivity index (χ0n) is 15.3. The van der Waals surface area contributed by atoms with Crippen LogP contribution < -0.4 is 5.32 Å². The molecule has 0 bridgehead atoms. The molecule has 2 aliphatic rings. The number of piperidine rings is 1. The summed E-state index contributed by atoms with van der Waals surface area (Å²) in [4.78, 5) is 26.9. The SMILES string of the molecule is CC(C)(C)OC(=O)N[C@H]1CCCN2C(=O)[C@H](Cc3ccccc3)C[C@H]12. The van der Waals surface area contributed by atoms with Gasteiger partial charge in [-0.25, -0.2) is 4.79 Å². The van der Waals surface area contributed by atoms with E-state index in [1.165, 1.54) is 5.56 Å². The van der Waals surface area contributed by atoms with Gasteiger partial charge >= 0.3 is 6.09 Å². The second-order valence-electron chi connectivity index (χ2n) is 8.12. The fourth-order valence-electron chi connectivity index (χ4n) is 3.95. The molecule has 2 aliphatic heterocycles. The molecule has 1 N–H and O–H groups in total. The highest BCUT2D eigenvalue weighted by Gasteiger charge is 2.45. The third-order valence-electron chi connectivity index (χ3n) is 4.96. The molecule has 3 rings (SSSR count). The van der Waals surface area contributed by atoms with Gasteiger partial charge in [-0.2, -0.15) is 0 Å². The van der Waals surface area contributed by atoms with Gasteiger partial charge in [0.05, 0.1) is 12.1 Å². The predicted octanol–water partition coefficient (Wildman–Crippen LogP) is 3.13. The second-order valence-corrected chi connectivity index (χ2v) is 8.12. The van der Waals surface area contributed by atoms with Crippen LogP contribution in [0.5, 0.6) is 0 Å². The number of amides is 2. The molecule has 5 nitrogen and oxygen atoms in total. The van der Waals surface area contributed by atoms with Gasteiger partial charge in [-0.15, -0.1) is 0 Å². The van der Waals surface area contributed by atoms with Crippen molar-refractivity contribution in [2.75, 3.05) is 6.54 Å². The summed E-state index contributed by atoms with van der Waals surface area (Å²) < 4.78 is 5.38. The minimum Gasteiger partial charge on any atom is -0.444 e. The van der Waals surface area contributed by atoms with E-state index in [1.54, 1.807) is 0 Å². The van der Waals surface area contributed by atoms with Gasteiger partial charge in [-0.1, -0.05) is 30.3 Å². The van der Waals surface area contributed by atoms with Gasteiger partial charge in [0.1, 0.15) is 5.60 Å². The van der Waals surface area contributed by atoms with Crippen molar-refractivity contribution in [1.29, 1.82) is 0 Å². The smallest absolute Gasteiger partial charge is 0.407 e. The van der Waals surface area contributed by atoms with Gasteiger partial charge in [-0.05, 0) is 52.0 Å². The van der Waals surface area contributed by atoms with Crippen molar-refractivity contribution >= 4 is 12.0 Å². The Bertz CT molecular complexity index is 624. The first-order valence-electron chi connectivity index (χ1n) is 9.17. The maximum absolute atomic E-state index is 12.8. The molecule has 0 aliphatic carbocycles. The van der Waals surface area contributed by atoms with Gasteiger partial charge in [0.2, 0.25) is 5.91 Å². The molecule has 25 heavy (non-hydrogen) atoms. The number of rotatable bonds is 3. The Morgan fingerprint density at radius 1 is 1.28 bits per heavy atom. The monoisotopic (exact) mass is 344 g/mol. The minimum atomic E-state index is -0.514. The normalized spacial score (nSPS) is 26.3. The number of alkyl carbamates (subject to hydrolysis) is 1. The van der Waals surface area contributed by atoms with Crippen LogP contribution in [0.2, 0.25) is 0 Å². The van der Waals surface area contributed by atoms with E-state index < -0.39 is 11.7 Å². The van der Waals surface area contributed by atoms with E-state index in [-0.39, 0.29) is 23.9 Å². The zero-order valence-corrected chi connectivity index (χ0v) is 15.3. The van der Waals surface area contributed by atoms with Crippen LogP contribution in [-0.4, -0.2) is 41.1 Å². The molecule has 2 amide bonds.